The molecule has 2 aromatic carbocycles. The molecule has 0 amide bonds. The van der Waals surface area contributed by atoms with Crippen molar-refractivity contribution in [3.63, 3.8) is 0 Å². The minimum atomic E-state index is -5.00. The fourth-order valence-corrected chi connectivity index (χ4v) is 4.66. The van der Waals surface area contributed by atoms with Crippen molar-refractivity contribution in [3.8, 4) is 16.3 Å². The molecule has 2 heterocycles. The van der Waals surface area contributed by atoms with Crippen LogP contribution in [0.1, 0.15) is 36.9 Å². The molecule has 5 nitrogen and oxygen atoms in total. The Kier molecular flexibility index (Phi) is 7.02. The summed E-state index contributed by atoms with van der Waals surface area (Å²) in [6.45, 7) is 7.09. The normalized spacial score (nSPS) is 12.2. The van der Waals surface area contributed by atoms with Gasteiger partial charge in [0.15, 0.2) is 11.6 Å². The number of carbonyl (C=O) groups is 1. The first-order chi connectivity index (χ1) is 17.2. The summed E-state index contributed by atoms with van der Waals surface area (Å²) in [5.74, 6) is -3.45. The Bertz CT molecular complexity index is 1470. The quantitative estimate of drug-likeness (QED) is 0.191. The average Bonchev–Trinajstić information content (AvgIpc) is 3.34. The fraction of sp³-hybridized carbons (Fsp3) is 0.308. The van der Waals surface area contributed by atoms with Crippen molar-refractivity contribution in [2.75, 3.05) is 0 Å². The van der Waals surface area contributed by atoms with Gasteiger partial charge in [-0.05, 0) is 63.4 Å². The van der Waals surface area contributed by atoms with Crippen LogP contribution in [-0.2, 0) is 28.9 Å². The third-order valence-corrected chi connectivity index (χ3v) is 6.51. The van der Waals surface area contributed by atoms with Gasteiger partial charge in [0.2, 0.25) is 0 Å². The second kappa shape index (κ2) is 9.77. The number of aryl methyl sites for hydroxylation is 1. The minimum absolute atomic E-state index is 0.0246. The highest BCUT2D eigenvalue weighted by Crippen LogP contribution is 2.37. The molecule has 0 radical (unpaired) electrons. The monoisotopic (exact) mass is 538 g/mol. The number of ether oxygens (including phenoxy) is 2. The van der Waals surface area contributed by atoms with Gasteiger partial charge in [0.05, 0.1) is 21.7 Å². The number of aromatic nitrogens is 2. The Morgan fingerprint density at radius 3 is 2.46 bits per heavy atom. The Balaban J connectivity index is 1.52. The highest BCUT2D eigenvalue weighted by molar-refractivity contribution is 7.15. The summed E-state index contributed by atoms with van der Waals surface area (Å²) in [4.78, 5) is 17.0. The molecule has 196 valence electrons. The molecule has 4 rings (SSSR count). The average molecular weight is 539 g/mol. The van der Waals surface area contributed by atoms with Crippen LogP contribution in [0, 0.1) is 18.6 Å². The molecule has 0 fully saturated rings. The summed E-state index contributed by atoms with van der Waals surface area (Å²) in [6.07, 6.45) is -3.23. The van der Waals surface area contributed by atoms with E-state index in [9.17, 15) is 26.7 Å². The van der Waals surface area contributed by atoms with E-state index in [4.69, 9.17) is 9.47 Å². The van der Waals surface area contributed by atoms with E-state index in [1.165, 1.54) is 0 Å². The molecule has 11 heteroatoms. The standard InChI is InChI=1S/C26H23F5N2O3S/c1-14-20(37-24(32-14)17-7-8-18(26(29,30)31)23(28)22(17)27)13-35-16-6-5-15-9-10-33(19(15)11-16)12-21(34)36-25(2,3)4/h5-11H,12-13H2,1-4H3. The Morgan fingerprint density at radius 1 is 1.05 bits per heavy atom. The molecule has 0 saturated carbocycles. The molecule has 4 aromatic rings. The lowest BCUT2D eigenvalue weighted by Gasteiger charge is -2.19. The van der Waals surface area contributed by atoms with Gasteiger partial charge in [-0.1, -0.05) is 0 Å². The van der Waals surface area contributed by atoms with Crippen molar-refractivity contribution >= 4 is 28.2 Å². The largest absolute Gasteiger partial charge is 0.488 e. The van der Waals surface area contributed by atoms with Crippen molar-refractivity contribution < 1.29 is 36.2 Å². The number of hydrogen-bond donors (Lipinski definition) is 0. The first kappa shape index (κ1) is 26.6. The maximum absolute atomic E-state index is 14.4. The van der Waals surface area contributed by atoms with Gasteiger partial charge in [-0.3, -0.25) is 4.79 Å². The van der Waals surface area contributed by atoms with Crippen molar-refractivity contribution in [1.82, 2.24) is 9.55 Å². The van der Waals surface area contributed by atoms with Gasteiger partial charge in [0, 0.05) is 17.8 Å². The SMILES string of the molecule is Cc1nc(-c2ccc(C(F)(F)F)c(F)c2F)sc1COc1ccc2ccn(CC(=O)OC(C)(C)C)c2c1. The number of carbonyl (C=O) groups excluding carboxylic acids is 1. The van der Waals surface area contributed by atoms with Gasteiger partial charge in [0.25, 0.3) is 0 Å². The van der Waals surface area contributed by atoms with Crippen LogP contribution in [0.2, 0.25) is 0 Å². The van der Waals surface area contributed by atoms with Gasteiger partial charge >= 0.3 is 12.1 Å². The number of esters is 1. The first-order valence-corrected chi connectivity index (χ1v) is 12.0. The van der Waals surface area contributed by atoms with Crippen LogP contribution in [0.25, 0.3) is 21.5 Å². The predicted molar refractivity (Wildman–Crippen MR) is 129 cm³/mol. The van der Waals surface area contributed by atoms with Crippen LogP contribution in [0.15, 0.2) is 42.6 Å². The molecule has 0 bridgehead atoms. The van der Waals surface area contributed by atoms with E-state index >= 15 is 0 Å². The van der Waals surface area contributed by atoms with Gasteiger partial charge in [-0.25, -0.2) is 13.8 Å². The number of nitrogens with zero attached hydrogens (tertiary/aromatic N) is 2. The first-order valence-electron chi connectivity index (χ1n) is 11.2. The van der Waals surface area contributed by atoms with Crippen molar-refractivity contribution in [2.24, 2.45) is 0 Å². The van der Waals surface area contributed by atoms with Gasteiger partial charge in [0.1, 0.15) is 29.5 Å². The molecule has 2 aromatic heterocycles. The summed E-state index contributed by atoms with van der Waals surface area (Å²) in [5, 5.41) is 0.940. The summed E-state index contributed by atoms with van der Waals surface area (Å²) in [7, 11) is 0. The van der Waals surface area contributed by atoms with E-state index in [-0.39, 0.29) is 29.7 Å². The molecule has 0 spiro atoms. The zero-order valence-corrected chi connectivity index (χ0v) is 21.2. The molecule has 0 aliphatic rings. The van der Waals surface area contributed by atoms with Crippen LogP contribution < -0.4 is 4.74 Å². The van der Waals surface area contributed by atoms with E-state index in [0.29, 0.717) is 22.4 Å². The van der Waals surface area contributed by atoms with Crippen LogP contribution in [0.3, 0.4) is 0 Å². The lowest BCUT2D eigenvalue weighted by molar-refractivity contribution is -0.155. The summed E-state index contributed by atoms with van der Waals surface area (Å²) in [6, 6.07) is 8.59. The number of fused-ring (bicyclic) bond motifs is 1. The third kappa shape index (κ3) is 5.93. The highest BCUT2D eigenvalue weighted by Gasteiger charge is 2.36. The number of thiazole rings is 1. The van der Waals surface area contributed by atoms with E-state index in [2.05, 4.69) is 4.98 Å². The van der Waals surface area contributed by atoms with Gasteiger partial charge < -0.3 is 14.0 Å². The predicted octanol–water partition coefficient (Wildman–Crippen LogP) is 7.29. The maximum Gasteiger partial charge on any atom is 0.419 e. The fourth-order valence-electron chi connectivity index (χ4n) is 3.66. The zero-order valence-electron chi connectivity index (χ0n) is 20.4. The molecule has 0 aliphatic heterocycles. The lowest BCUT2D eigenvalue weighted by atomic mass is 10.1. The maximum atomic E-state index is 14.4. The number of hydrogen-bond acceptors (Lipinski definition) is 5. The summed E-state index contributed by atoms with van der Waals surface area (Å²) in [5.41, 5.74) is -1.39. The molecule has 0 saturated heterocycles. The van der Waals surface area contributed by atoms with Gasteiger partial charge in [-0.15, -0.1) is 11.3 Å². The van der Waals surface area contributed by atoms with Crippen LogP contribution >= 0.6 is 11.3 Å². The molecule has 0 aliphatic carbocycles. The molecule has 37 heavy (non-hydrogen) atoms. The molecule has 0 atom stereocenters. The van der Waals surface area contributed by atoms with Crippen molar-refractivity contribution in [3.05, 3.63) is 70.4 Å². The van der Waals surface area contributed by atoms with E-state index < -0.39 is 29.0 Å². The number of alkyl halides is 3. The number of halogens is 5. The second-order valence-corrected chi connectivity index (χ2v) is 10.4. The zero-order chi connectivity index (χ0) is 27.1. The molecule has 0 unspecified atom stereocenters. The summed E-state index contributed by atoms with van der Waals surface area (Å²) >= 11 is 1.000. The number of rotatable bonds is 6. The second-order valence-electron chi connectivity index (χ2n) is 9.35. The third-order valence-electron chi connectivity index (χ3n) is 5.35. The smallest absolute Gasteiger partial charge is 0.419 e. The molecule has 0 N–H and O–H groups in total. The minimum Gasteiger partial charge on any atom is -0.488 e. The van der Waals surface area contributed by atoms with Crippen molar-refractivity contribution in [1.29, 1.82) is 0 Å². The Morgan fingerprint density at radius 2 is 1.78 bits per heavy atom. The van der Waals surface area contributed by atoms with Gasteiger partial charge in [-0.2, -0.15) is 13.2 Å². The van der Waals surface area contributed by atoms with Crippen LogP contribution in [-0.4, -0.2) is 21.1 Å². The topological polar surface area (TPSA) is 53.4 Å². The van der Waals surface area contributed by atoms with Crippen LogP contribution in [0.4, 0.5) is 22.0 Å². The van der Waals surface area contributed by atoms with Crippen LogP contribution in [0.5, 0.6) is 5.75 Å². The molecular formula is C26H23F5N2O3S. The van der Waals surface area contributed by atoms with Crippen molar-refractivity contribution in [2.45, 2.75) is 52.6 Å². The highest BCUT2D eigenvalue weighted by atomic mass is 32.1. The Hall–Kier alpha value is -3.47. The van der Waals surface area contributed by atoms with E-state index in [1.54, 1.807) is 50.6 Å². The number of benzene rings is 2. The lowest BCUT2D eigenvalue weighted by Crippen LogP contribution is -2.26. The Labute approximate surface area is 213 Å². The van der Waals surface area contributed by atoms with E-state index in [1.807, 2.05) is 12.1 Å². The van der Waals surface area contributed by atoms with E-state index in [0.717, 1.165) is 28.3 Å². The molecular weight excluding hydrogens is 515 g/mol. The summed E-state index contributed by atoms with van der Waals surface area (Å²) < 4.78 is 80.1.